The van der Waals surface area contributed by atoms with Gasteiger partial charge >= 0.3 is 0 Å². The molecule has 6 nitrogen and oxygen atoms in total. The average molecular weight is 462 g/mol. The lowest BCUT2D eigenvalue weighted by Gasteiger charge is -2.31. The molecule has 0 bridgehead atoms. The Labute approximate surface area is 200 Å². The van der Waals surface area contributed by atoms with Crippen molar-refractivity contribution >= 4 is 17.7 Å². The highest BCUT2D eigenvalue weighted by Crippen LogP contribution is 2.26. The Hall–Kier alpha value is -1.59. The van der Waals surface area contributed by atoms with Gasteiger partial charge < -0.3 is 16.0 Å². The summed E-state index contributed by atoms with van der Waals surface area (Å²) in [5.41, 5.74) is 0. The topological polar surface area (TPSA) is 87.3 Å². The van der Waals surface area contributed by atoms with Crippen LogP contribution in [0.15, 0.2) is 0 Å². The van der Waals surface area contributed by atoms with Gasteiger partial charge in [0.25, 0.3) is 0 Å². The number of nitrogens with one attached hydrogen (secondary N) is 3. The van der Waals surface area contributed by atoms with Crippen LogP contribution in [0.4, 0.5) is 0 Å². The fraction of sp³-hybridized carbons (Fsp3) is 0.889. The summed E-state index contributed by atoms with van der Waals surface area (Å²) < 4.78 is 0. The van der Waals surface area contributed by atoms with E-state index in [1.807, 2.05) is 6.92 Å². The number of hydrogen-bond donors (Lipinski definition) is 3. The van der Waals surface area contributed by atoms with Crippen molar-refractivity contribution in [3.63, 3.8) is 0 Å². The molecule has 0 aliphatic heterocycles. The lowest BCUT2D eigenvalue weighted by Crippen LogP contribution is -2.48. The maximum Gasteiger partial charge on any atom is 0.224 e. The second kappa shape index (κ2) is 14.0. The minimum absolute atomic E-state index is 0.000817. The Morgan fingerprint density at radius 2 is 1.00 bits per heavy atom. The highest BCUT2D eigenvalue weighted by Gasteiger charge is 2.35. The van der Waals surface area contributed by atoms with Crippen molar-refractivity contribution in [2.24, 2.45) is 11.8 Å². The molecule has 0 aromatic rings. The van der Waals surface area contributed by atoms with Gasteiger partial charge in [-0.2, -0.15) is 0 Å². The van der Waals surface area contributed by atoms with Gasteiger partial charge in [-0.15, -0.1) is 0 Å². The largest absolute Gasteiger partial charge is 0.353 e. The number of carbonyl (C=O) groups excluding carboxylic acids is 3. The monoisotopic (exact) mass is 461 g/mol. The van der Waals surface area contributed by atoms with E-state index < -0.39 is 5.92 Å². The highest BCUT2D eigenvalue weighted by atomic mass is 16.2. The maximum atomic E-state index is 13.4. The zero-order valence-electron chi connectivity index (χ0n) is 20.8. The van der Waals surface area contributed by atoms with Crippen LogP contribution in [0.25, 0.3) is 0 Å². The molecule has 2 unspecified atom stereocenters. The summed E-state index contributed by atoms with van der Waals surface area (Å²) in [5, 5.41) is 9.66. The zero-order valence-corrected chi connectivity index (χ0v) is 20.8. The molecule has 6 heteroatoms. The lowest BCUT2D eigenvalue weighted by atomic mass is 9.83. The molecule has 3 aliphatic rings. The van der Waals surface area contributed by atoms with E-state index in [-0.39, 0.29) is 41.8 Å². The van der Waals surface area contributed by atoms with Gasteiger partial charge in [-0.25, -0.2) is 0 Å². The standard InChI is InChI=1S/C27H47N3O3/c1-2-23(26(32)29-21-14-8-4-9-15-21)24(27(33)30-22-16-10-5-11-17-22)18-19-25(31)28-20-12-6-3-7-13-20/h20-24H,2-19H2,1H3,(H,28,31)(H,29,32)(H,30,33). The number of hydrogen-bond acceptors (Lipinski definition) is 3. The van der Waals surface area contributed by atoms with Gasteiger partial charge in [-0.3, -0.25) is 14.4 Å². The van der Waals surface area contributed by atoms with E-state index in [9.17, 15) is 14.4 Å². The molecule has 3 amide bonds. The molecule has 3 saturated carbocycles. The normalized spacial score (nSPS) is 22.8. The van der Waals surface area contributed by atoms with E-state index in [1.165, 1.54) is 32.1 Å². The Morgan fingerprint density at radius 3 is 1.42 bits per heavy atom. The molecule has 0 aromatic carbocycles. The molecule has 2 atom stereocenters. The molecule has 0 radical (unpaired) electrons. The first-order chi connectivity index (χ1) is 16.1. The summed E-state index contributed by atoms with van der Waals surface area (Å²) in [6.45, 7) is 1.99. The van der Waals surface area contributed by atoms with Crippen LogP contribution in [-0.4, -0.2) is 35.8 Å². The third-order valence-corrected chi connectivity index (χ3v) is 8.15. The third kappa shape index (κ3) is 8.60. The van der Waals surface area contributed by atoms with E-state index in [0.29, 0.717) is 19.3 Å². The Balaban J connectivity index is 1.60. The second-order valence-corrected chi connectivity index (χ2v) is 10.7. The van der Waals surface area contributed by atoms with Crippen LogP contribution in [0.3, 0.4) is 0 Å². The van der Waals surface area contributed by atoms with Crippen molar-refractivity contribution in [1.29, 1.82) is 0 Å². The molecule has 3 N–H and O–H groups in total. The summed E-state index contributed by atoms with van der Waals surface area (Å²) in [4.78, 5) is 39.3. The van der Waals surface area contributed by atoms with Crippen LogP contribution in [0.5, 0.6) is 0 Å². The molecular formula is C27H47N3O3. The molecule has 33 heavy (non-hydrogen) atoms. The minimum Gasteiger partial charge on any atom is -0.353 e. The van der Waals surface area contributed by atoms with Crippen molar-refractivity contribution < 1.29 is 14.4 Å². The van der Waals surface area contributed by atoms with Crippen molar-refractivity contribution in [2.45, 2.75) is 141 Å². The molecule has 0 saturated heterocycles. The predicted molar refractivity (Wildman–Crippen MR) is 132 cm³/mol. The van der Waals surface area contributed by atoms with Gasteiger partial charge in [0.2, 0.25) is 17.7 Å². The number of amides is 3. The molecule has 0 heterocycles. The molecule has 188 valence electrons. The van der Waals surface area contributed by atoms with E-state index in [1.54, 1.807) is 0 Å². The molecule has 0 aromatic heterocycles. The number of rotatable bonds is 10. The quantitative estimate of drug-likeness (QED) is 0.438. The van der Waals surface area contributed by atoms with Crippen molar-refractivity contribution in [3.05, 3.63) is 0 Å². The van der Waals surface area contributed by atoms with Gasteiger partial charge in [0, 0.05) is 36.4 Å². The van der Waals surface area contributed by atoms with Crippen LogP contribution in [0, 0.1) is 11.8 Å². The zero-order chi connectivity index (χ0) is 23.5. The van der Waals surface area contributed by atoms with Crippen LogP contribution in [0.1, 0.15) is 122 Å². The van der Waals surface area contributed by atoms with Crippen molar-refractivity contribution in [3.8, 4) is 0 Å². The first-order valence-electron chi connectivity index (χ1n) is 14.0. The molecule has 3 fully saturated rings. The third-order valence-electron chi connectivity index (χ3n) is 8.15. The lowest BCUT2D eigenvalue weighted by molar-refractivity contribution is -0.137. The van der Waals surface area contributed by atoms with Crippen LogP contribution < -0.4 is 16.0 Å². The number of carbonyl (C=O) groups is 3. The summed E-state index contributed by atoms with van der Waals surface area (Å²) in [5.74, 6) is -0.825. The second-order valence-electron chi connectivity index (χ2n) is 10.7. The van der Waals surface area contributed by atoms with E-state index in [4.69, 9.17) is 0 Å². The summed E-state index contributed by atoms with van der Waals surface area (Å²) in [7, 11) is 0. The van der Waals surface area contributed by atoms with Gasteiger partial charge in [0.05, 0.1) is 0 Å². The molecule has 3 rings (SSSR count). The van der Waals surface area contributed by atoms with Crippen molar-refractivity contribution in [2.75, 3.05) is 0 Å². The first-order valence-corrected chi connectivity index (χ1v) is 14.0. The highest BCUT2D eigenvalue weighted by molar-refractivity contribution is 5.88. The van der Waals surface area contributed by atoms with Crippen LogP contribution >= 0.6 is 0 Å². The van der Waals surface area contributed by atoms with Gasteiger partial charge in [0.1, 0.15) is 0 Å². The average Bonchev–Trinajstić information content (AvgIpc) is 2.83. The molecule has 0 spiro atoms. The minimum atomic E-state index is -0.447. The van der Waals surface area contributed by atoms with E-state index in [0.717, 1.165) is 64.2 Å². The van der Waals surface area contributed by atoms with Crippen molar-refractivity contribution in [1.82, 2.24) is 16.0 Å². The SMILES string of the molecule is CCC(C(=O)NC1CCCCC1)C(CCC(=O)NC1CCCCC1)C(=O)NC1CCCCC1. The summed E-state index contributed by atoms with van der Waals surface area (Å²) in [6.07, 6.45) is 18.3. The van der Waals surface area contributed by atoms with Gasteiger partial charge in [-0.1, -0.05) is 64.7 Å². The summed E-state index contributed by atoms with van der Waals surface area (Å²) >= 11 is 0. The summed E-state index contributed by atoms with van der Waals surface area (Å²) in [6, 6.07) is 0.720. The van der Waals surface area contributed by atoms with Gasteiger partial charge in [-0.05, 0) is 51.4 Å². The smallest absolute Gasteiger partial charge is 0.224 e. The van der Waals surface area contributed by atoms with Crippen LogP contribution in [0.2, 0.25) is 0 Å². The fourth-order valence-electron chi connectivity index (χ4n) is 6.11. The Morgan fingerprint density at radius 1 is 0.606 bits per heavy atom. The Kier molecular flexibility index (Phi) is 11.0. The Bertz CT molecular complexity index is 620. The first kappa shape index (κ1) is 26.0. The fourth-order valence-corrected chi connectivity index (χ4v) is 6.11. The predicted octanol–water partition coefficient (Wildman–Crippen LogP) is 4.76. The van der Waals surface area contributed by atoms with Gasteiger partial charge in [0.15, 0.2) is 0 Å². The molecular weight excluding hydrogens is 414 g/mol. The van der Waals surface area contributed by atoms with E-state index >= 15 is 0 Å². The maximum absolute atomic E-state index is 13.4. The van der Waals surface area contributed by atoms with Crippen LogP contribution in [-0.2, 0) is 14.4 Å². The molecule has 3 aliphatic carbocycles. The van der Waals surface area contributed by atoms with E-state index in [2.05, 4.69) is 16.0 Å².